The molecule has 64 valence electrons. The Bertz CT molecular complexity index is 165. The Hall–Kier alpha value is -0.260. The van der Waals surface area contributed by atoms with Crippen LogP contribution in [0.1, 0.15) is 34.6 Å². The number of allylic oxidation sites excluding steroid dienone is 2. The van der Waals surface area contributed by atoms with Gasteiger partial charge in [-0.3, -0.25) is 0 Å². The van der Waals surface area contributed by atoms with Gasteiger partial charge in [-0.05, 0) is 23.2 Å². The van der Waals surface area contributed by atoms with Crippen LogP contribution >= 0.6 is 0 Å². The fourth-order valence-electron chi connectivity index (χ4n) is 1.86. The molecule has 1 rings (SSSR count). The first-order valence-corrected chi connectivity index (χ1v) is 4.64. The molecule has 0 fully saturated rings. The van der Waals surface area contributed by atoms with Gasteiger partial charge in [0.15, 0.2) is 0 Å². The van der Waals surface area contributed by atoms with Gasteiger partial charge in [0, 0.05) is 0 Å². The Kier molecular flexibility index (Phi) is 2.13. The van der Waals surface area contributed by atoms with Crippen molar-refractivity contribution < 1.29 is 0 Å². The van der Waals surface area contributed by atoms with Gasteiger partial charge < -0.3 is 0 Å². The average Bonchev–Trinajstić information content (AvgIpc) is 1.95. The van der Waals surface area contributed by atoms with Gasteiger partial charge in [0.2, 0.25) is 0 Å². The van der Waals surface area contributed by atoms with E-state index in [1.165, 1.54) is 0 Å². The second-order valence-corrected chi connectivity index (χ2v) is 4.69. The molecule has 0 amide bonds. The zero-order valence-electron chi connectivity index (χ0n) is 8.39. The van der Waals surface area contributed by atoms with Crippen LogP contribution in [-0.4, -0.2) is 0 Å². The van der Waals surface area contributed by atoms with E-state index in [0.29, 0.717) is 5.41 Å². The van der Waals surface area contributed by atoms with E-state index in [-0.39, 0.29) is 0 Å². The summed E-state index contributed by atoms with van der Waals surface area (Å²) in [7, 11) is 0. The van der Waals surface area contributed by atoms with Gasteiger partial charge in [0.1, 0.15) is 0 Å². The van der Waals surface area contributed by atoms with Crippen molar-refractivity contribution >= 4 is 0 Å². The van der Waals surface area contributed by atoms with E-state index in [9.17, 15) is 0 Å². The van der Waals surface area contributed by atoms with E-state index in [0.717, 1.165) is 17.8 Å². The van der Waals surface area contributed by atoms with Gasteiger partial charge in [-0.25, -0.2) is 0 Å². The van der Waals surface area contributed by atoms with Gasteiger partial charge in [-0.2, -0.15) is 0 Å². The van der Waals surface area contributed by atoms with Crippen LogP contribution in [0.5, 0.6) is 0 Å². The largest absolute Gasteiger partial charge is 0.0849 e. The molecule has 0 bridgehead atoms. The third-order valence-corrected chi connectivity index (χ3v) is 3.62. The van der Waals surface area contributed by atoms with E-state index in [1.807, 2.05) is 0 Å². The maximum atomic E-state index is 2.38. The first kappa shape index (κ1) is 8.83. The highest BCUT2D eigenvalue weighted by Crippen LogP contribution is 2.41. The lowest BCUT2D eigenvalue weighted by Gasteiger charge is -2.39. The molecular formula is C11H20. The van der Waals surface area contributed by atoms with Crippen LogP contribution in [0.2, 0.25) is 0 Å². The first-order valence-electron chi connectivity index (χ1n) is 4.64. The maximum Gasteiger partial charge on any atom is -0.0146 e. The highest BCUT2D eigenvalue weighted by Gasteiger charge is 2.32. The first-order chi connectivity index (χ1) is 4.95. The zero-order chi connectivity index (χ0) is 8.65. The molecule has 0 saturated carbocycles. The predicted molar refractivity (Wildman–Crippen MR) is 50.4 cm³/mol. The smallest absolute Gasteiger partial charge is 0.0146 e. The minimum Gasteiger partial charge on any atom is -0.0849 e. The summed E-state index contributed by atoms with van der Waals surface area (Å²) >= 11 is 0. The van der Waals surface area contributed by atoms with Crippen molar-refractivity contribution in [2.75, 3.05) is 0 Å². The standard InChI is InChI=1S/C11H20/c1-8-6-7-11(4,5)10(3)9(8)2/h6-10H,1-5H3/t8-,9-,10+/m1/s1. The van der Waals surface area contributed by atoms with Gasteiger partial charge in [0.05, 0.1) is 0 Å². The van der Waals surface area contributed by atoms with Crippen molar-refractivity contribution in [1.29, 1.82) is 0 Å². The van der Waals surface area contributed by atoms with Crippen molar-refractivity contribution in [2.45, 2.75) is 34.6 Å². The summed E-state index contributed by atoms with van der Waals surface area (Å²) in [5.74, 6) is 2.40. The second-order valence-electron chi connectivity index (χ2n) is 4.69. The Labute approximate surface area is 70.7 Å². The lowest BCUT2D eigenvalue weighted by molar-refractivity contribution is 0.170. The molecule has 0 aliphatic heterocycles. The molecule has 1 aliphatic carbocycles. The second kappa shape index (κ2) is 2.66. The summed E-state index contributed by atoms with van der Waals surface area (Å²) in [6.07, 6.45) is 4.74. The SMILES string of the molecule is C[C@@H]1[C@H](C)C=CC(C)(C)[C@H]1C. The molecule has 0 radical (unpaired) electrons. The third kappa shape index (κ3) is 1.50. The van der Waals surface area contributed by atoms with Crippen molar-refractivity contribution in [3.63, 3.8) is 0 Å². The van der Waals surface area contributed by atoms with Crippen LogP contribution in [0.4, 0.5) is 0 Å². The Morgan fingerprint density at radius 3 is 2.09 bits per heavy atom. The highest BCUT2D eigenvalue weighted by atomic mass is 14.4. The molecule has 0 aromatic heterocycles. The molecule has 0 aromatic carbocycles. The van der Waals surface area contributed by atoms with E-state index in [4.69, 9.17) is 0 Å². The van der Waals surface area contributed by atoms with Gasteiger partial charge in [-0.1, -0.05) is 46.8 Å². The summed E-state index contributed by atoms with van der Waals surface area (Å²) in [5, 5.41) is 0. The molecular weight excluding hydrogens is 132 g/mol. The van der Waals surface area contributed by atoms with Crippen LogP contribution in [0.3, 0.4) is 0 Å². The molecule has 1 aliphatic rings. The fraction of sp³-hybridized carbons (Fsp3) is 0.818. The van der Waals surface area contributed by atoms with Crippen molar-refractivity contribution in [3.8, 4) is 0 Å². The highest BCUT2D eigenvalue weighted by molar-refractivity contribution is 5.06. The van der Waals surface area contributed by atoms with Crippen LogP contribution in [0.25, 0.3) is 0 Å². The zero-order valence-corrected chi connectivity index (χ0v) is 8.39. The van der Waals surface area contributed by atoms with Crippen LogP contribution in [0, 0.1) is 23.2 Å². The molecule has 11 heavy (non-hydrogen) atoms. The number of hydrogen-bond donors (Lipinski definition) is 0. The Morgan fingerprint density at radius 2 is 1.64 bits per heavy atom. The summed E-state index contributed by atoms with van der Waals surface area (Å²) in [4.78, 5) is 0. The molecule has 0 nitrogen and oxygen atoms in total. The van der Waals surface area contributed by atoms with E-state index in [2.05, 4.69) is 46.8 Å². The van der Waals surface area contributed by atoms with Crippen LogP contribution < -0.4 is 0 Å². The summed E-state index contributed by atoms with van der Waals surface area (Å²) in [5.41, 5.74) is 0.409. The van der Waals surface area contributed by atoms with Crippen molar-refractivity contribution in [3.05, 3.63) is 12.2 Å². The minimum absolute atomic E-state index is 0.409. The Balaban J connectivity index is 2.85. The fourth-order valence-corrected chi connectivity index (χ4v) is 1.86. The molecule has 0 heterocycles. The Morgan fingerprint density at radius 1 is 1.09 bits per heavy atom. The normalized spacial score (nSPS) is 42.5. The maximum absolute atomic E-state index is 2.38. The predicted octanol–water partition coefficient (Wildman–Crippen LogP) is 3.49. The van der Waals surface area contributed by atoms with Gasteiger partial charge in [-0.15, -0.1) is 0 Å². The topological polar surface area (TPSA) is 0 Å². The van der Waals surface area contributed by atoms with Gasteiger partial charge in [0.25, 0.3) is 0 Å². The molecule has 0 saturated heterocycles. The molecule has 0 N–H and O–H groups in total. The molecule has 0 unspecified atom stereocenters. The molecule has 0 aromatic rings. The van der Waals surface area contributed by atoms with Crippen molar-refractivity contribution in [1.82, 2.24) is 0 Å². The van der Waals surface area contributed by atoms with E-state index >= 15 is 0 Å². The number of hydrogen-bond acceptors (Lipinski definition) is 0. The summed E-state index contributed by atoms with van der Waals surface area (Å²) < 4.78 is 0. The lowest BCUT2D eigenvalue weighted by Crippen LogP contribution is -2.31. The minimum atomic E-state index is 0.409. The van der Waals surface area contributed by atoms with Crippen LogP contribution in [-0.2, 0) is 0 Å². The van der Waals surface area contributed by atoms with Gasteiger partial charge >= 0.3 is 0 Å². The van der Waals surface area contributed by atoms with Crippen LogP contribution in [0.15, 0.2) is 12.2 Å². The van der Waals surface area contributed by atoms with E-state index in [1.54, 1.807) is 0 Å². The third-order valence-electron chi connectivity index (χ3n) is 3.62. The van der Waals surface area contributed by atoms with Crippen molar-refractivity contribution in [2.24, 2.45) is 23.2 Å². The molecule has 0 spiro atoms. The summed E-state index contributed by atoms with van der Waals surface area (Å²) in [6.45, 7) is 11.7. The molecule has 0 heteroatoms. The molecule has 3 atom stereocenters. The lowest BCUT2D eigenvalue weighted by atomic mass is 9.66. The average molecular weight is 152 g/mol. The monoisotopic (exact) mass is 152 g/mol. The quantitative estimate of drug-likeness (QED) is 0.466. The summed E-state index contributed by atoms with van der Waals surface area (Å²) in [6, 6.07) is 0. The van der Waals surface area contributed by atoms with E-state index < -0.39 is 0 Å². The number of rotatable bonds is 0.